The second-order valence-corrected chi connectivity index (χ2v) is 5.49. The molecule has 0 unspecified atom stereocenters. The van der Waals surface area contributed by atoms with Gasteiger partial charge in [-0.1, -0.05) is 35.1 Å². The lowest BCUT2D eigenvalue weighted by molar-refractivity contribution is 0.112. The van der Waals surface area contributed by atoms with E-state index in [0.29, 0.717) is 20.7 Å². The Morgan fingerprint density at radius 1 is 1.32 bits per heavy atom. The summed E-state index contributed by atoms with van der Waals surface area (Å²) in [5.41, 5.74) is 1.50. The van der Waals surface area contributed by atoms with Crippen molar-refractivity contribution >= 4 is 40.7 Å². The molecule has 0 amide bonds. The fourth-order valence-electron chi connectivity index (χ4n) is 1.43. The number of aromatic nitrogens is 1. The minimum absolute atomic E-state index is 0.556. The third-order valence-electron chi connectivity index (χ3n) is 2.27. The zero-order valence-corrected chi connectivity index (χ0v) is 12.1. The Labute approximate surface area is 120 Å². The molecule has 0 bridgehead atoms. The van der Waals surface area contributed by atoms with Gasteiger partial charge in [0, 0.05) is 24.7 Å². The standard InChI is InChI=1S/C13H12ClN3OS/c1-17(2)8-15-13-16-12(11(7-18)19-13)9-3-5-10(14)6-4-9/h3-8H,1-2H3/b15-8+. The van der Waals surface area contributed by atoms with Crippen LogP contribution in [0.3, 0.4) is 0 Å². The SMILES string of the molecule is CN(C)/C=N/c1nc(-c2ccc(Cl)cc2)c(C=O)s1. The second kappa shape index (κ2) is 5.95. The van der Waals surface area contributed by atoms with Gasteiger partial charge in [-0.3, -0.25) is 4.79 Å². The Morgan fingerprint density at radius 3 is 2.58 bits per heavy atom. The molecule has 4 nitrogen and oxygen atoms in total. The van der Waals surface area contributed by atoms with Gasteiger partial charge in [-0.05, 0) is 12.1 Å². The summed E-state index contributed by atoms with van der Waals surface area (Å²) in [7, 11) is 3.75. The van der Waals surface area contributed by atoms with Crippen LogP contribution in [0.2, 0.25) is 5.02 Å². The number of nitrogens with zero attached hydrogens (tertiary/aromatic N) is 3. The van der Waals surface area contributed by atoms with Gasteiger partial charge in [0.1, 0.15) is 0 Å². The number of hydrogen-bond acceptors (Lipinski definition) is 4. The maximum Gasteiger partial charge on any atom is 0.211 e. The third-order valence-corrected chi connectivity index (χ3v) is 3.41. The van der Waals surface area contributed by atoms with Crippen molar-refractivity contribution in [2.75, 3.05) is 14.1 Å². The molecular formula is C13H12ClN3OS. The number of benzene rings is 1. The fraction of sp³-hybridized carbons (Fsp3) is 0.154. The summed E-state index contributed by atoms with van der Waals surface area (Å²) in [6, 6.07) is 7.22. The van der Waals surface area contributed by atoms with Crippen LogP contribution in [0.5, 0.6) is 0 Å². The smallest absolute Gasteiger partial charge is 0.211 e. The first-order valence-corrected chi connectivity index (χ1v) is 6.72. The summed E-state index contributed by atoms with van der Waals surface area (Å²) in [6.45, 7) is 0. The van der Waals surface area contributed by atoms with E-state index >= 15 is 0 Å². The molecule has 2 aromatic rings. The Hall–Kier alpha value is -1.72. The molecule has 0 saturated carbocycles. The van der Waals surface area contributed by atoms with E-state index in [2.05, 4.69) is 9.98 Å². The highest BCUT2D eigenvalue weighted by atomic mass is 35.5. The van der Waals surface area contributed by atoms with Crippen molar-refractivity contribution in [3.05, 3.63) is 34.2 Å². The van der Waals surface area contributed by atoms with Gasteiger partial charge in [-0.25, -0.2) is 9.98 Å². The molecule has 1 aromatic heterocycles. The van der Waals surface area contributed by atoms with Crippen LogP contribution in [0, 0.1) is 0 Å². The number of rotatable bonds is 4. The Bertz CT molecular complexity index is 605. The molecule has 0 aliphatic rings. The van der Waals surface area contributed by atoms with Crippen LogP contribution >= 0.6 is 22.9 Å². The number of carbonyl (C=O) groups is 1. The number of thiazole rings is 1. The maximum atomic E-state index is 11.1. The van der Waals surface area contributed by atoms with Crippen molar-refractivity contribution in [2.45, 2.75) is 0 Å². The summed E-state index contributed by atoms with van der Waals surface area (Å²) in [6.07, 6.45) is 2.45. The van der Waals surface area contributed by atoms with E-state index in [1.54, 1.807) is 18.5 Å². The molecule has 0 fully saturated rings. The van der Waals surface area contributed by atoms with Crippen LogP contribution in [-0.2, 0) is 0 Å². The lowest BCUT2D eigenvalue weighted by atomic mass is 10.1. The average Bonchev–Trinajstić information content (AvgIpc) is 2.80. The molecule has 1 aromatic carbocycles. The first-order valence-electron chi connectivity index (χ1n) is 5.52. The van der Waals surface area contributed by atoms with Crippen LogP contribution in [0.25, 0.3) is 11.3 Å². The van der Waals surface area contributed by atoms with Crippen molar-refractivity contribution < 1.29 is 4.79 Å². The van der Waals surface area contributed by atoms with Gasteiger partial charge in [-0.2, -0.15) is 0 Å². The average molecular weight is 294 g/mol. The summed E-state index contributed by atoms with van der Waals surface area (Å²) >= 11 is 7.11. The van der Waals surface area contributed by atoms with Crippen LogP contribution in [0.15, 0.2) is 29.3 Å². The number of halogens is 1. The highest BCUT2D eigenvalue weighted by Gasteiger charge is 2.11. The summed E-state index contributed by atoms with van der Waals surface area (Å²) in [5.74, 6) is 0. The van der Waals surface area contributed by atoms with Gasteiger partial charge in [0.15, 0.2) is 6.29 Å². The number of aldehydes is 1. The van der Waals surface area contributed by atoms with E-state index in [0.717, 1.165) is 11.8 Å². The summed E-state index contributed by atoms with van der Waals surface area (Å²) in [4.78, 5) is 22.0. The molecule has 2 rings (SSSR count). The molecule has 0 aliphatic heterocycles. The van der Waals surface area contributed by atoms with Crippen LogP contribution in [-0.4, -0.2) is 36.6 Å². The lowest BCUT2D eigenvalue weighted by Gasteiger charge is -2.00. The normalized spacial score (nSPS) is 10.9. The molecule has 0 spiro atoms. The molecule has 0 radical (unpaired) electrons. The monoisotopic (exact) mass is 293 g/mol. The van der Waals surface area contributed by atoms with Crippen molar-refractivity contribution in [1.82, 2.24) is 9.88 Å². The van der Waals surface area contributed by atoms with Crippen molar-refractivity contribution in [1.29, 1.82) is 0 Å². The van der Waals surface area contributed by atoms with E-state index in [4.69, 9.17) is 11.6 Å². The fourth-order valence-corrected chi connectivity index (χ4v) is 2.30. The highest BCUT2D eigenvalue weighted by Crippen LogP contribution is 2.31. The van der Waals surface area contributed by atoms with Gasteiger partial charge in [0.05, 0.1) is 16.9 Å². The first-order chi connectivity index (χ1) is 9.10. The van der Waals surface area contributed by atoms with Gasteiger partial charge in [-0.15, -0.1) is 0 Å². The Balaban J connectivity index is 2.39. The molecule has 1 heterocycles. The molecule has 0 saturated heterocycles. The molecule has 19 heavy (non-hydrogen) atoms. The van der Waals surface area contributed by atoms with Gasteiger partial charge >= 0.3 is 0 Å². The second-order valence-electron chi connectivity index (χ2n) is 4.04. The Morgan fingerprint density at radius 2 is 2.00 bits per heavy atom. The molecule has 0 aliphatic carbocycles. The van der Waals surface area contributed by atoms with Crippen LogP contribution < -0.4 is 0 Å². The molecule has 0 N–H and O–H groups in total. The van der Waals surface area contributed by atoms with Crippen molar-refractivity contribution in [3.8, 4) is 11.3 Å². The van der Waals surface area contributed by atoms with E-state index in [9.17, 15) is 4.79 Å². The van der Waals surface area contributed by atoms with Crippen molar-refractivity contribution in [3.63, 3.8) is 0 Å². The highest BCUT2D eigenvalue weighted by molar-refractivity contribution is 7.17. The zero-order valence-electron chi connectivity index (χ0n) is 10.5. The minimum Gasteiger partial charge on any atom is -0.369 e. The predicted molar refractivity (Wildman–Crippen MR) is 79.8 cm³/mol. The molecule has 98 valence electrons. The number of aliphatic imine (C=N–C) groups is 1. The van der Waals surface area contributed by atoms with Gasteiger partial charge in [0.2, 0.25) is 5.13 Å². The van der Waals surface area contributed by atoms with Crippen LogP contribution in [0.1, 0.15) is 9.67 Å². The quantitative estimate of drug-likeness (QED) is 0.492. The molecule has 6 heteroatoms. The van der Waals surface area contributed by atoms with E-state index in [1.165, 1.54) is 11.3 Å². The first kappa shape index (κ1) is 13.7. The largest absolute Gasteiger partial charge is 0.369 e. The minimum atomic E-state index is 0.556. The Kier molecular flexibility index (Phi) is 4.29. The van der Waals surface area contributed by atoms with Crippen molar-refractivity contribution in [2.24, 2.45) is 4.99 Å². The number of carbonyl (C=O) groups excluding carboxylic acids is 1. The van der Waals surface area contributed by atoms with Gasteiger partial charge < -0.3 is 4.90 Å². The van der Waals surface area contributed by atoms with E-state index < -0.39 is 0 Å². The van der Waals surface area contributed by atoms with E-state index in [-0.39, 0.29) is 0 Å². The zero-order chi connectivity index (χ0) is 13.8. The number of hydrogen-bond donors (Lipinski definition) is 0. The topological polar surface area (TPSA) is 45.6 Å². The van der Waals surface area contributed by atoms with E-state index in [1.807, 2.05) is 31.1 Å². The summed E-state index contributed by atoms with van der Waals surface area (Å²) in [5, 5.41) is 1.21. The molecule has 0 atom stereocenters. The third kappa shape index (κ3) is 3.39. The lowest BCUT2D eigenvalue weighted by Crippen LogP contribution is -2.06. The summed E-state index contributed by atoms with van der Waals surface area (Å²) < 4.78 is 0. The van der Waals surface area contributed by atoms with Crippen LogP contribution in [0.4, 0.5) is 5.13 Å². The molecular weight excluding hydrogens is 282 g/mol. The maximum absolute atomic E-state index is 11.1. The van der Waals surface area contributed by atoms with Gasteiger partial charge in [0.25, 0.3) is 0 Å². The predicted octanol–water partition coefficient (Wildman–Crippen LogP) is 3.50.